The van der Waals surface area contributed by atoms with Gasteiger partial charge in [-0.15, -0.1) is 5.10 Å². The predicted octanol–water partition coefficient (Wildman–Crippen LogP) is 3.05. The van der Waals surface area contributed by atoms with Crippen molar-refractivity contribution in [2.75, 3.05) is 44.1 Å². The normalized spacial score (nSPS) is 12.3. The maximum absolute atomic E-state index is 12.5. The van der Waals surface area contributed by atoms with Gasteiger partial charge in [-0.3, -0.25) is 10.3 Å². The van der Waals surface area contributed by atoms with Crippen LogP contribution in [0.1, 0.15) is 6.92 Å². The Labute approximate surface area is 226 Å². The van der Waals surface area contributed by atoms with Gasteiger partial charge in [0.25, 0.3) is 0 Å². The van der Waals surface area contributed by atoms with E-state index in [0.717, 1.165) is 5.69 Å². The molecule has 14 nitrogen and oxygen atoms in total. The molecule has 0 fully saturated rings. The van der Waals surface area contributed by atoms with Crippen LogP contribution in [0.4, 0.5) is 16.3 Å². The highest BCUT2D eigenvalue weighted by Gasteiger charge is 2.23. The Kier molecular flexibility index (Phi) is 6.48. The average Bonchev–Trinajstić information content (AvgIpc) is 3.57. The Bertz CT molecular complexity index is 1750. The third-order valence-electron chi connectivity index (χ3n) is 6.15. The van der Waals surface area contributed by atoms with Crippen LogP contribution in [0.2, 0.25) is 0 Å². The Balaban J connectivity index is 1.46. The van der Waals surface area contributed by atoms with E-state index in [-0.39, 0.29) is 12.4 Å². The lowest BCUT2D eigenvalue weighted by Crippen LogP contribution is -2.20. The van der Waals surface area contributed by atoms with E-state index >= 15 is 0 Å². The fourth-order valence-electron chi connectivity index (χ4n) is 4.38. The second kappa shape index (κ2) is 10.4. The number of fused-ring (bicyclic) bond motifs is 3. The Hall–Kier alpha value is -5.40. The minimum absolute atomic E-state index is 0.166. The van der Waals surface area contributed by atoms with Crippen LogP contribution in [0.15, 0.2) is 49.1 Å². The third-order valence-corrected chi connectivity index (χ3v) is 6.15. The minimum Gasteiger partial charge on any atom is -0.494 e. The number of anilines is 2. The van der Waals surface area contributed by atoms with Crippen LogP contribution in [-0.2, 0) is 14.3 Å². The van der Waals surface area contributed by atoms with Crippen LogP contribution in [0.3, 0.4) is 0 Å². The first-order valence-corrected chi connectivity index (χ1v) is 12.4. The molecule has 0 atom stereocenters. The van der Waals surface area contributed by atoms with Crippen molar-refractivity contribution in [1.82, 2.24) is 29.4 Å². The van der Waals surface area contributed by atoms with Crippen molar-refractivity contribution in [2.45, 2.75) is 6.92 Å². The highest BCUT2D eigenvalue weighted by molar-refractivity contribution is 5.99. The van der Waals surface area contributed by atoms with E-state index in [4.69, 9.17) is 18.9 Å². The number of carbonyl (C=O) groups excluding carboxylic acids is 2. The summed E-state index contributed by atoms with van der Waals surface area (Å²) in [5.74, 6) is 0.664. The number of amides is 1. The molecule has 1 aliphatic heterocycles. The molecule has 1 aliphatic rings. The van der Waals surface area contributed by atoms with Gasteiger partial charge in [0.1, 0.15) is 23.8 Å². The number of hydrogen-bond donors (Lipinski definition) is 2. The van der Waals surface area contributed by atoms with Gasteiger partial charge in [-0.2, -0.15) is 5.10 Å². The van der Waals surface area contributed by atoms with E-state index in [2.05, 4.69) is 30.8 Å². The van der Waals surface area contributed by atoms with Gasteiger partial charge >= 0.3 is 12.1 Å². The lowest BCUT2D eigenvalue weighted by atomic mass is 10.1. The summed E-state index contributed by atoms with van der Waals surface area (Å²) in [4.78, 5) is 33.2. The van der Waals surface area contributed by atoms with E-state index < -0.39 is 18.7 Å². The summed E-state index contributed by atoms with van der Waals surface area (Å²) in [6.07, 6.45) is 5.87. The summed E-state index contributed by atoms with van der Waals surface area (Å²) in [5, 5.41) is 15.4. The first-order valence-electron chi connectivity index (χ1n) is 12.4. The van der Waals surface area contributed by atoms with Crippen LogP contribution in [0, 0.1) is 0 Å². The predicted molar refractivity (Wildman–Crippen MR) is 143 cm³/mol. The number of carbonyl (C=O) groups is 2. The third kappa shape index (κ3) is 4.55. The van der Waals surface area contributed by atoms with E-state index in [1.54, 1.807) is 54.1 Å². The smallest absolute Gasteiger partial charge is 0.413 e. The van der Waals surface area contributed by atoms with Gasteiger partial charge in [0, 0.05) is 37.3 Å². The molecule has 5 heterocycles. The summed E-state index contributed by atoms with van der Waals surface area (Å²) in [6, 6.07) is 7.25. The van der Waals surface area contributed by atoms with E-state index in [1.807, 2.05) is 18.2 Å². The Morgan fingerprint density at radius 1 is 1.18 bits per heavy atom. The number of esters is 1. The second-order valence-electron chi connectivity index (χ2n) is 8.59. The number of aromatic nitrogens is 6. The van der Waals surface area contributed by atoms with Gasteiger partial charge in [-0.25, -0.2) is 23.8 Å². The Morgan fingerprint density at radius 2 is 2.08 bits per heavy atom. The zero-order valence-corrected chi connectivity index (χ0v) is 21.6. The molecule has 4 aromatic heterocycles. The molecule has 2 N–H and O–H groups in total. The number of nitrogens with zero attached hydrogens (tertiary/aromatic N) is 6. The summed E-state index contributed by atoms with van der Waals surface area (Å²) in [7, 11) is 1.56. The number of methoxy groups -OCH3 is 1. The van der Waals surface area contributed by atoms with Crippen molar-refractivity contribution in [1.29, 1.82) is 0 Å². The molecule has 1 amide bonds. The molecule has 0 spiro atoms. The number of benzene rings is 1. The van der Waals surface area contributed by atoms with Crippen molar-refractivity contribution < 1.29 is 28.5 Å². The van der Waals surface area contributed by atoms with Crippen LogP contribution in [0.5, 0.6) is 11.5 Å². The van der Waals surface area contributed by atoms with Crippen molar-refractivity contribution in [2.24, 2.45) is 0 Å². The number of pyridine rings is 1. The molecular formula is C26H24N8O6. The average molecular weight is 545 g/mol. The highest BCUT2D eigenvalue weighted by Crippen LogP contribution is 2.39. The zero-order valence-electron chi connectivity index (χ0n) is 21.6. The molecule has 0 radical (unpaired) electrons. The summed E-state index contributed by atoms with van der Waals surface area (Å²) >= 11 is 0. The topological polar surface area (TPSA) is 156 Å². The second-order valence-corrected chi connectivity index (χ2v) is 8.59. The lowest BCUT2D eigenvalue weighted by Gasteiger charge is -2.21. The molecule has 5 aromatic rings. The molecule has 1 aromatic carbocycles. The molecule has 40 heavy (non-hydrogen) atoms. The fourth-order valence-corrected chi connectivity index (χ4v) is 4.38. The highest BCUT2D eigenvalue weighted by atomic mass is 16.6. The van der Waals surface area contributed by atoms with Crippen molar-refractivity contribution >= 4 is 40.1 Å². The number of rotatable bonds is 7. The van der Waals surface area contributed by atoms with Crippen LogP contribution in [-0.4, -0.2) is 74.9 Å². The molecule has 6 rings (SSSR count). The molecule has 14 heteroatoms. The Morgan fingerprint density at radius 3 is 2.92 bits per heavy atom. The number of nitrogens with one attached hydrogen (secondary N) is 2. The minimum atomic E-state index is -0.875. The van der Waals surface area contributed by atoms with Crippen LogP contribution >= 0.6 is 0 Å². The summed E-state index contributed by atoms with van der Waals surface area (Å²) in [5.41, 5.74) is 3.90. The summed E-state index contributed by atoms with van der Waals surface area (Å²) < 4.78 is 24.6. The van der Waals surface area contributed by atoms with E-state index in [9.17, 15) is 9.59 Å². The monoisotopic (exact) mass is 544 g/mol. The van der Waals surface area contributed by atoms with Crippen molar-refractivity contribution in [3.63, 3.8) is 0 Å². The largest absolute Gasteiger partial charge is 0.494 e. The van der Waals surface area contributed by atoms with Gasteiger partial charge in [0.15, 0.2) is 18.1 Å². The van der Waals surface area contributed by atoms with Gasteiger partial charge in [-0.1, -0.05) is 0 Å². The lowest BCUT2D eigenvalue weighted by molar-refractivity contribution is -0.146. The van der Waals surface area contributed by atoms with Crippen LogP contribution < -0.4 is 20.1 Å². The first kappa shape index (κ1) is 24.9. The number of hydrogen-bond acceptors (Lipinski definition) is 11. The van der Waals surface area contributed by atoms with E-state index in [1.165, 1.54) is 0 Å². The maximum atomic E-state index is 12.5. The quantitative estimate of drug-likeness (QED) is 0.290. The molecule has 0 saturated heterocycles. The van der Waals surface area contributed by atoms with Crippen molar-refractivity contribution in [3.05, 3.63) is 49.1 Å². The first-order chi connectivity index (χ1) is 19.6. The zero-order chi connectivity index (χ0) is 27.6. The summed E-state index contributed by atoms with van der Waals surface area (Å²) in [6.45, 7) is 2.48. The maximum Gasteiger partial charge on any atom is 0.413 e. The molecule has 204 valence electrons. The van der Waals surface area contributed by atoms with Gasteiger partial charge in [0.05, 0.1) is 47.8 Å². The van der Waals surface area contributed by atoms with Gasteiger partial charge < -0.3 is 24.3 Å². The molecule has 0 saturated carbocycles. The van der Waals surface area contributed by atoms with Gasteiger partial charge in [0.2, 0.25) is 0 Å². The van der Waals surface area contributed by atoms with Crippen molar-refractivity contribution in [3.8, 4) is 28.4 Å². The van der Waals surface area contributed by atoms with Crippen LogP contribution in [0.25, 0.3) is 33.5 Å². The van der Waals surface area contributed by atoms with Gasteiger partial charge in [-0.05, 0) is 19.1 Å². The number of ether oxygens (including phenoxy) is 4. The fraction of sp³-hybridized carbons (Fsp3) is 0.231. The SMILES string of the molecule is CCOC(=O)COC(=O)Nc1nn(-c2cc3c(cc2OC)NCCO3)c2cc(-c3cnn4cccnc34)ncc12. The molecule has 0 aliphatic carbocycles. The molecule has 0 unspecified atom stereocenters. The standard InChI is InChI=1S/C26H24N8O6/c1-3-38-23(35)14-40-26(36)31-24-16-12-29-17(15-13-30-33-7-4-5-28-25(15)33)9-19(16)34(32-24)20-11-21-18(10-22(20)37-2)27-6-8-39-21/h4-5,7,9-13,27H,3,6,8,14H2,1-2H3,(H,31,32,36). The molecule has 0 bridgehead atoms. The van der Waals surface area contributed by atoms with E-state index in [0.29, 0.717) is 58.1 Å². The molecular weight excluding hydrogens is 520 g/mol.